The van der Waals surface area contributed by atoms with Crippen molar-refractivity contribution in [1.29, 1.82) is 0 Å². The molecule has 0 aliphatic carbocycles. The first-order chi connectivity index (χ1) is 12.9. The maximum atomic E-state index is 4.81. The number of para-hydroxylation sites is 1. The van der Waals surface area contributed by atoms with Gasteiger partial charge in [0.25, 0.3) is 0 Å². The minimum absolute atomic E-state index is 0.943. The molecule has 0 spiro atoms. The van der Waals surface area contributed by atoms with Crippen LogP contribution in [0.25, 0.3) is 17.0 Å². The van der Waals surface area contributed by atoms with E-state index in [-0.39, 0.29) is 0 Å². The molecule has 0 N–H and O–H groups in total. The van der Waals surface area contributed by atoms with Crippen molar-refractivity contribution in [3.63, 3.8) is 0 Å². The van der Waals surface area contributed by atoms with Crippen molar-refractivity contribution in [3.8, 4) is 0 Å². The van der Waals surface area contributed by atoms with E-state index < -0.39 is 0 Å². The van der Waals surface area contributed by atoms with E-state index in [1.807, 2.05) is 0 Å². The molecular formula is C23H25N3. The van der Waals surface area contributed by atoms with E-state index in [2.05, 4.69) is 88.7 Å². The number of hydrogen-bond donors (Lipinski definition) is 0. The molecule has 3 nitrogen and oxygen atoms in total. The first-order valence-electron chi connectivity index (χ1n) is 9.38. The molecule has 3 heteroatoms. The van der Waals surface area contributed by atoms with Crippen molar-refractivity contribution < 1.29 is 0 Å². The smallest absolute Gasteiger partial charge is 0.0705 e. The second-order valence-electron chi connectivity index (χ2n) is 6.89. The first kappa shape index (κ1) is 17.0. The molecule has 0 unspecified atom stereocenters. The lowest BCUT2D eigenvalue weighted by atomic mass is 10.2. The van der Waals surface area contributed by atoms with Gasteiger partial charge in [0.15, 0.2) is 0 Å². The lowest BCUT2D eigenvalue weighted by Gasteiger charge is -2.33. The average molecular weight is 343 g/mol. The van der Waals surface area contributed by atoms with E-state index in [4.69, 9.17) is 4.98 Å². The topological polar surface area (TPSA) is 19.4 Å². The summed E-state index contributed by atoms with van der Waals surface area (Å²) in [6, 6.07) is 23.2. The molecule has 1 aromatic heterocycles. The van der Waals surface area contributed by atoms with Crippen LogP contribution < -0.4 is 0 Å². The highest BCUT2D eigenvalue weighted by atomic mass is 15.3. The van der Waals surface area contributed by atoms with Crippen LogP contribution >= 0.6 is 0 Å². The van der Waals surface area contributed by atoms with Crippen LogP contribution in [0.3, 0.4) is 0 Å². The zero-order valence-electron chi connectivity index (χ0n) is 15.1. The number of fused-ring (bicyclic) bond motifs is 1. The Morgan fingerprint density at radius 1 is 0.769 bits per heavy atom. The highest BCUT2D eigenvalue weighted by molar-refractivity contribution is 5.78. The van der Waals surface area contributed by atoms with Gasteiger partial charge in [-0.1, -0.05) is 66.7 Å². The normalized spacial score (nSPS) is 16.5. The summed E-state index contributed by atoms with van der Waals surface area (Å²) in [4.78, 5) is 9.83. The monoisotopic (exact) mass is 343 g/mol. The van der Waals surface area contributed by atoms with Gasteiger partial charge in [-0.05, 0) is 17.7 Å². The van der Waals surface area contributed by atoms with E-state index in [0.717, 1.165) is 44.8 Å². The number of aromatic nitrogens is 1. The molecule has 0 atom stereocenters. The van der Waals surface area contributed by atoms with Crippen molar-refractivity contribution in [2.75, 3.05) is 32.7 Å². The molecular weight excluding hydrogens is 318 g/mol. The number of hydrogen-bond acceptors (Lipinski definition) is 3. The summed E-state index contributed by atoms with van der Waals surface area (Å²) in [5.41, 5.74) is 3.53. The minimum atomic E-state index is 0.943. The number of nitrogens with zero attached hydrogens (tertiary/aromatic N) is 3. The molecule has 0 bridgehead atoms. The molecule has 0 saturated carbocycles. The highest BCUT2D eigenvalue weighted by Crippen LogP contribution is 2.14. The lowest BCUT2D eigenvalue weighted by Crippen LogP contribution is -2.45. The summed E-state index contributed by atoms with van der Waals surface area (Å²) in [5, 5.41) is 1.21. The number of rotatable bonds is 5. The molecule has 1 fully saturated rings. The Labute approximate surface area is 155 Å². The molecule has 0 radical (unpaired) electrons. The van der Waals surface area contributed by atoms with Gasteiger partial charge >= 0.3 is 0 Å². The fourth-order valence-corrected chi connectivity index (χ4v) is 3.46. The van der Waals surface area contributed by atoms with Crippen molar-refractivity contribution in [2.24, 2.45) is 0 Å². The summed E-state index contributed by atoms with van der Waals surface area (Å²) in [7, 11) is 0. The fraction of sp³-hybridized carbons (Fsp3) is 0.261. The average Bonchev–Trinajstić information content (AvgIpc) is 2.70. The molecule has 2 aromatic carbocycles. The molecule has 26 heavy (non-hydrogen) atoms. The molecule has 2 heterocycles. The van der Waals surface area contributed by atoms with Gasteiger partial charge in [-0.3, -0.25) is 14.8 Å². The predicted octanol–water partition coefficient (Wildman–Crippen LogP) is 4.07. The van der Waals surface area contributed by atoms with E-state index in [9.17, 15) is 0 Å². The van der Waals surface area contributed by atoms with Crippen molar-refractivity contribution >= 4 is 17.0 Å². The van der Waals surface area contributed by atoms with Crippen LogP contribution in [0.1, 0.15) is 11.3 Å². The third-order valence-electron chi connectivity index (χ3n) is 4.98. The summed E-state index contributed by atoms with van der Waals surface area (Å²) in [6.45, 7) is 6.41. The Morgan fingerprint density at radius 2 is 1.50 bits per heavy atom. The van der Waals surface area contributed by atoms with Gasteiger partial charge in [0.2, 0.25) is 0 Å². The van der Waals surface area contributed by atoms with Crippen LogP contribution in [0.5, 0.6) is 0 Å². The van der Waals surface area contributed by atoms with Gasteiger partial charge in [0.05, 0.1) is 11.2 Å². The van der Waals surface area contributed by atoms with Gasteiger partial charge in [-0.25, -0.2) is 0 Å². The lowest BCUT2D eigenvalue weighted by molar-refractivity contribution is 0.136. The molecule has 1 aliphatic rings. The maximum Gasteiger partial charge on any atom is 0.0705 e. The Morgan fingerprint density at radius 3 is 2.35 bits per heavy atom. The van der Waals surface area contributed by atoms with E-state index in [0.29, 0.717) is 0 Å². The molecule has 132 valence electrons. The molecule has 1 aliphatic heterocycles. The predicted molar refractivity (Wildman–Crippen MR) is 109 cm³/mol. The van der Waals surface area contributed by atoms with Crippen LogP contribution in [0, 0.1) is 0 Å². The first-order valence-corrected chi connectivity index (χ1v) is 9.38. The van der Waals surface area contributed by atoms with E-state index in [1.54, 1.807) is 0 Å². The van der Waals surface area contributed by atoms with Crippen LogP contribution in [0.4, 0.5) is 0 Å². The zero-order chi connectivity index (χ0) is 17.6. The van der Waals surface area contributed by atoms with E-state index in [1.165, 1.54) is 16.6 Å². The van der Waals surface area contributed by atoms with Crippen LogP contribution in [-0.2, 0) is 6.54 Å². The number of piperazine rings is 1. The third-order valence-corrected chi connectivity index (χ3v) is 4.98. The van der Waals surface area contributed by atoms with Gasteiger partial charge in [0.1, 0.15) is 0 Å². The molecule has 0 amide bonds. The van der Waals surface area contributed by atoms with Gasteiger partial charge < -0.3 is 0 Å². The van der Waals surface area contributed by atoms with E-state index >= 15 is 0 Å². The summed E-state index contributed by atoms with van der Waals surface area (Å²) < 4.78 is 0. The minimum Gasteiger partial charge on any atom is -0.297 e. The standard InChI is InChI=1S/C23H25N3/c1-2-7-20(8-3-1)9-6-14-25-15-17-26(18-16-25)19-22-13-12-21-10-4-5-11-23(21)24-22/h1-13H,14-19H2. The summed E-state index contributed by atoms with van der Waals surface area (Å²) in [5.74, 6) is 0. The summed E-state index contributed by atoms with van der Waals surface area (Å²) >= 11 is 0. The van der Waals surface area contributed by atoms with Crippen molar-refractivity contribution in [1.82, 2.24) is 14.8 Å². The van der Waals surface area contributed by atoms with Crippen molar-refractivity contribution in [3.05, 3.63) is 84.1 Å². The summed E-state index contributed by atoms with van der Waals surface area (Å²) in [6.07, 6.45) is 4.49. The third kappa shape index (κ3) is 4.37. The van der Waals surface area contributed by atoms with Crippen LogP contribution in [0.2, 0.25) is 0 Å². The Hall–Kier alpha value is -2.49. The second-order valence-corrected chi connectivity index (χ2v) is 6.89. The Kier molecular flexibility index (Phi) is 5.38. The number of benzene rings is 2. The Balaban J connectivity index is 1.27. The Bertz CT molecular complexity index is 865. The molecule has 1 saturated heterocycles. The number of pyridine rings is 1. The van der Waals surface area contributed by atoms with Gasteiger partial charge in [-0.2, -0.15) is 0 Å². The maximum absolute atomic E-state index is 4.81. The fourth-order valence-electron chi connectivity index (χ4n) is 3.46. The van der Waals surface area contributed by atoms with Gasteiger partial charge in [-0.15, -0.1) is 0 Å². The molecule has 3 aromatic rings. The second kappa shape index (κ2) is 8.26. The van der Waals surface area contributed by atoms with Crippen LogP contribution in [-0.4, -0.2) is 47.5 Å². The molecule has 4 rings (SSSR count). The SMILES string of the molecule is C(=Cc1ccccc1)CN1CCN(Cc2ccc3ccccc3n2)CC1. The highest BCUT2D eigenvalue weighted by Gasteiger charge is 2.16. The largest absolute Gasteiger partial charge is 0.297 e. The van der Waals surface area contributed by atoms with Crippen LogP contribution in [0.15, 0.2) is 72.8 Å². The quantitative estimate of drug-likeness (QED) is 0.696. The zero-order valence-corrected chi connectivity index (χ0v) is 15.1. The van der Waals surface area contributed by atoms with Crippen molar-refractivity contribution in [2.45, 2.75) is 6.54 Å². The van der Waals surface area contributed by atoms with Gasteiger partial charge in [0, 0.05) is 44.7 Å².